The van der Waals surface area contributed by atoms with Gasteiger partial charge in [0.25, 0.3) is 0 Å². The second kappa shape index (κ2) is 9.89. The van der Waals surface area contributed by atoms with Gasteiger partial charge in [-0.3, -0.25) is 4.79 Å². The van der Waals surface area contributed by atoms with E-state index < -0.39 is 48.2 Å². The van der Waals surface area contributed by atoms with Crippen molar-refractivity contribution in [3.05, 3.63) is 0 Å². The Hall–Kier alpha value is -0.100. The summed E-state index contributed by atoms with van der Waals surface area (Å²) < 4.78 is 11.2. The van der Waals surface area contributed by atoms with Gasteiger partial charge in [-0.25, -0.2) is 0 Å². The molecule has 0 aromatic rings. The molecule has 0 amide bonds. The summed E-state index contributed by atoms with van der Waals surface area (Å²) in [5.41, 5.74) is -0.496. The molecule has 4 N–H and O–H groups in total. The van der Waals surface area contributed by atoms with Gasteiger partial charge >= 0.3 is 29.6 Å². The molecule has 0 radical (unpaired) electrons. The third kappa shape index (κ3) is 4.36. The third-order valence-electron chi connectivity index (χ3n) is 10.4. The van der Waals surface area contributed by atoms with Crippen LogP contribution in [0.4, 0.5) is 0 Å². The van der Waals surface area contributed by atoms with Crippen LogP contribution < -0.4 is 34.7 Å². The molecular formula is C25H37NaO9. The SMILES string of the molecule is C[C@]12CC[C@@H](O[C@@H]3O[C@H](C(=O)[O-])[C@@H](O)[C@H](O)[C@H]3O)CC1CC[C@@H]1[C@@H]2[C@@H](O)C[C@]2(C)C(=O)CC[C@@H]12.[Na+]. The van der Waals surface area contributed by atoms with E-state index in [1.807, 2.05) is 6.92 Å². The molecule has 1 saturated heterocycles. The molecule has 5 fully saturated rings. The molecule has 10 heteroatoms. The summed E-state index contributed by atoms with van der Waals surface area (Å²) in [4.78, 5) is 23.9. The van der Waals surface area contributed by atoms with E-state index in [1.54, 1.807) is 0 Å². The zero-order chi connectivity index (χ0) is 24.6. The summed E-state index contributed by atoms with van der Waals surface area (Å²) in [6.07, 6.45) is -2.96. The van der Waals surface area contributed by atoms with Gasteiger partial charge in [0, 0.05) is 11.8 Å². The number of carbonyl (C=O) groups is 2. The van der Waals surface area contributed by atoms with Crippen LogP contribution in [0.3, 0.4) is 0 Å². The predicted octanol–water partition coefficient (Wildman–Crippen LogP) is -3.48. The fourth-order valence-corrected chi connectivity index (χ4v) is 8.58. The molecule has 0 spiro atoms. The number of aliphatic hydroxyl groups excluding tert-OH is 4. The first kappa shape index (κ1) is 27.9. The minimum atomic E-state index is -1.80. The maximum Gasteiger partial charge on any atom is 1.00 e. The minimum Gasteiger partial charge on any atom is -0.547 e. The molecule has 0 aromatic heterocycles. The zero-order valence-electron chi connectivity index (χ0n) is 20.8. The van der Waals surface area contributed by atoms with Gasteiger partial charge in [-0.2, -0.15) is 0 Å². The standard InChI is InChI=1S/C25H38O9.Na/c1-24-8-7-12(33-23-20(30)18(28)19(29)21(34-23)22(31)32)9-11(24)3-4-13-14-5-6-16(27)25(14,2)10-15(26)17(13)24;/h11-15,17-21,23,26,28-30H,3-10H2,1-2H3,(H,31,32);/q;+1/p-1/t11?,12-,13+,14+,15+,17-,18+,19+,20-,21+,23-,24+,25+;/m1./s1. The van der Waals surface area contributed by atoms with Crippen molar-refractivity contribution in [3.8, 4) is 0 Å². The fourth-order valence-electron chi connectivity index (χ4n) is 8.58. The molecule has 13 atom stereocenters. The minimum absolute atomic E-state index is 0. The number of fused-ring (bicyclic) bond motifs is 5. The maximum absolute atomic E-state index is 12.6. The van der Waals surface area contributed by atoms with E-state index in [0.717, 1.165) is 25.7 Å². The van der Waals surface area contributed by atoms with E-state index in [9.17, 15) is 35.1 Å². The first-order valence-corrected chi connectivity index (χ1v) is 12.7. The summed E-state index contributed by atoms with van der Waals surface area (Å²) in [6, 6.07) is 0. The molecule has 1 heterocycles. The van der Waals surface area contributed by atoms with Crippen LogP contribution in [0.2, 0.25) is 0 Å². The molecule has 1 aliphatic heterocycles. The Balaban J connectivity index is 0.00000289. The second-order valence-electron chi connectivity index (χ2n) is 12.0. The van der Waals surface area contributed by atoms with Crippen molar-refractivity contribution in [3.63, 3.8) is 0 Å². The zero-order valence-corrected chi connectivity index (χ0v) is 22.8. The molecule has 4 aliphatic carbocycles. The first-order chi connectivity index (χ1) is 16.0. The fraction of sp³-hybridized carbons (Fsp3) is 0.920. The van der Waals surface area contributed by atoms with Crippen molar-refractivity contribution in [2.75, 3.05) is 0 Å². The summed E-state index contributed by atoms with van der Waals surface area (Å²) in [6.45, 7) is 4.30. The Morgan fingerprint density at radius 3 is 2.46 bits per heavy atom. The summed E-state index contributed by atoms with van der Waals surface area (Å²) in [7, 11) is 0. The summed E-state index contributed by atoms with van der Waals surface area (Å²) in [5.74, 6) is -0.301. The number of aliphatic carboxylic acids is 1. The Morgan fingerprint density at radius 1 is 1.06 bits per heavy atom. The number of carboxylic acid groups (broad SMARTS) is 1. The Morgan fingerprint density at radius 2 is 1.77 bits per heavy atom. The normalized spacial score (nSPS) is 53.7. The van der Waals surface area contributed by atoms with E-state index in [4.69, 9.17) is 9.47 Å². The average Bonchev–Trinajstić information content (AvgIpc) is 3.07. The van der Waals surface area contributed by atoms with Crippen molar-refractivity contribution in [2.24, 2.45) is 34.5 Å². The third-order valence-corrected chi connectivity index (χ3v) is 10.4. The number of hydrogen-bond acceptors (Lipinski definition) is 9. The van der Waals surface area contributed by atoms with Crippen LogP contribution in [-0.4, -0.2) is 75.1 Å². The van der Waals surface area contributed by atoms with E-state index in [0.29, 0.717) is 43.3 Å². The van der Waals surface area contributed by atoms with Crippen LogP contribution in [0.5, 0.6) is 0 Å². The van der Waals surface area contributed by atoms with Crippen molar-refractivity contribution in [2.45, 2.75) is 108 Å². The number of carboxylic acids is 1. The first-order valence-electron chi connectivity index (χ1n) is 12.7. The number of carbonyl (C=O) groups excluding carboxylic acids is 2. The molecule has 9 nitrogen and oxygen atoms in total. The number of rotatable bonds is 3. The topological polar surface area (TPSA) is 157 Å². The van der Waals surface area contributed by atoms with Gasteiger partial charge in [-0.1, -0.05) is 13.8 Å². The molecular weight excluding hydrogens is 467 g/mol. The van der Waals surface area contributed by atoms with Crippen molar-refractivity contribution in [1.82, 2.24) is 0 Å². The Bertz CT molecular complexity index is 840. The second-order valence-corrected chi connectivity index (χ2v) is 12.0. The molecule has 192 valence electrons. The van der Waals surface area contributed by atoms with E-state index >= 15 is 0 Å². The number of hydrogen-bond donors (Lipinski definition) is 4. The van der Waals surface area contributed by atoms with Crippen molar-refractivity contribution in [1.29, 1.82) is 0 Å². The smallest absolute Gasteiger partial charge is 0.547 e. The van der Waals surface area contributed by atoms with E-state index in [-0.39, 0.29) is 52.9 Å². The van der Waals surface area contributed by atoms with Gasteiger partial charge in [0.2, 0.25) is 0 Å². The van der Waals surface area contributed by atoms with Crippen LogP contribution in [0.1, 0.15) is 65.2 Å². The molecule has 1 unspecified atom stereocenters. The van der Waals surface area contributed by atoms with Gasteiger partial charge in [0.15, 0.2) is 6.29 Å². The monoisotopic (exact) mass is 504 g/mol. The summed E-state index contributed by atoms with van der Waals surface area (Å²) in [5, 5.41) is 52.8. The number of aliphatic hydroxyl groups is 4. The number of ether oxygens (including phenoxy) is 2. The molecule has 0 bridgehead atoms. The molecule has 4 saturated carbocycles. The molecule has 5 aliphatic rings. The summed E-state index contributed by atoms with van der Waals surface area (Å²) >= 11 is 0. The predicted molar refractivity (Wildman–Crippen MR) is 115 cm³/mol. The van der Waals surface area contributed by atoms with Crippen molar-refractivity contribution >= 4 is 11.8 Å². The quantitative estimate of drug-likeness (QED) is 0.226. The van der Waals surface area contributed by atoms with Crippen molar-refractivity contribution < 1.29 is 74.2 Å². The Kier molecular flexibility index (Phi) is 7.89. The molecule has 0 aromatic carbocycles. The van der Waals surface area contributed by atoms with Gasteiger partial charge < -0.3 is 39.8 Å². The van der Waals surface area contributed by atoms with Gasteiger partial charge in [0.05, 0.1) is 18.2 Å². The number of Topliss-reactive ketones (excluding diaryl/α,β-unsaturated/α-hetero) is 1. The van der Waals surface area contributed by atoms with Crippen LogP contribution >= 0.6 is 0 Å². The maximum atomic E-state index is 12.6. The molecule has 35 heavy (non-hydrogen) atoms. The van der Waals surface area contributed by atoms with E-state index in [2.05, 4.69) is 6.92 Å². The van der Waals surface area contributed by atoms with Gasteiger partial charge in [0.1, 0.15) is 30.2 Å². The average molecular weight is 505 g/mol. The van der Waals surface area contributed by atoms with Gasteiger partial charge in [-0.05, 0) is 74.0 Å². The van der Waals surface area contributed by atoms with Crippen LogP contribution in [0, 0.1) is 34.5 Å². The van der Waals surface area contributed by atoms with Crippen LogP contribution in [0.25, 0.3) is 0 Å². The van der Waals surface area contributed by atoms with Crippen LogP contribution in [0.15, 0.2) is 0 Å². The van der Waals surface area contributed by atoms with Crippen LogP contribution in [-0.2, 0) is 19.1 Å². The van der Waals surface area contributed by atoms with E-state index in [1.165, 1.54) is 0 Å². The van der Waals surface area contributed by atoms with Gasteiger partial charge in [-0.15, -0.1) is 0 Å². The largest absolute Gasteiger partial charge is 1.00 e. The number of ketones is 1. The molecule has 5 rings (SSSR count). The Labute approximate surface area is 227 Å².